The summed E-state index contributed by atoms with van der Waals surface area (Å²) in [6.07, 6.45) is 0.300. The Morgan fingerprint density at radius 3 is 2.61 bits per heavy atom. The van der Waals surface area contributed by atoms with Gasteiger partial charge < -0.3 is 10.8 Å². The molecule has 0 radical (unpaired) electrons. The molecule has 1 unspecified atom stereocenters. The van der Waals surface area contributed by atoms with E-state index in [2.05, 4.69) is 4.72 Å². The molecule has 1 aromatic carbocycles. The molecule has 5 nitrogen and oxygen atoms in total. The van der Waals surface area contributed by atoms with E-state index in [0.717, 1.165) is 6.07 Å². The summed E-state index contributed by atoms with van der Waals surface area (Å²) in [5.74, 6) is -0.614. The van der Waals surface area contributed by atoms with Crippen LogP contribution in [0.3, 0.4) is 0 Å². The first-order chi connectivity index (χ1) is 8.27. The minimum absolute atomic E-state index is 0.0799. The summed E-state index contributed by atoms with van der Waals surface area (Å²) in [5, 5.41) is 8.72. The Morgan fingerprint density at radius 1 is 1.50 bits per heavy atom. The molecule has 0 aliphatic heterocycles. The lowest BCUT2D eigenvalue weighted by molar-refractivity contribution is 0.275. The van der Waals surface area contributed by atoms with Gasteiger partial charge in [0.1, 0.15) is 5.82 Å². The molecule has 0 aliphatic carbocycles. The topological polar surface area (TPSA) is 92.4 Å². The predicted molar refractivity (Wildman–Crippen MR) is 67.0 cm³/mol. The number of nitrogen functional groups attached to an aromatic ring is 1. The molecule has 0 aromatic heterocycles. The van der Waals surface area contributed by atoms with Crippen molar-refractivity contribution in [2.75, 3.05) is 12.3 Å². The lowest BCUT2D eigenvalue weighted by Crippen LogP contribution is -2.33. The van der Waals surface area contributed by atoms with Gasteiger partial charge in [-0.25, -0.2) is 17.5 Å². The highest BCUT2D eigenvalue weighted by molar-refractivity contribution is 7.89. The number of hydrogen-bond donors (Lipinski definition) is 3. The third kappa shape index (κ3) is 3.41. The fraction of sp³-hybridized carbons (Fsp3) is 0.455. The molecule has 18 heavy (non-hydrogen) atoms. The highest BCUT2D eigenvalue weighted by Crippen LogP contribution is 2.21. The number of rotatable bonds is 5. The molecular weight excluding hydrogens is 259 g/mol. The van der Waals surface area contributed by atoms with Gasteiger partial charge in [-0.3, -0.25) is 0 Å². The van der Waals surface area contributed by atoms with E-state index in [-0.39, 0.29) is 22.8 Å². The van der Waals surface area contributed by atoms with Gasteiger partial charge in [-0.2, -0.15) is 0 Å². The lowest BCUT2D eigenvalue weighted by Gasteiger charge is -2.14. The average Bonchev–Trinajstić information content (AvgIpc) is 2.24. The van der Waals surface area contributed by atoms with Gasteiger partial charge in [-0.05, 0) is 38.0 Å². The molecule has 0 aliphatic rings. The van der Waals surface area contributed by atoms with Crippen molar-refractivity contribution < 1.29 is 17.9 Å². The number of aliphatic hydroxyl groups excluding tert-OH is 1. The fourth-order valence-electron chi connectivity index (χ4n) is 1.50. The first kappa shape index (κ1) is 14.9. The van der Waals surface area contributed by atoms with Gasteiger partial charge in [0, 0.05) is 12.6 Å². The number of aliphatic hydroxyl groups is 1. The van der Waals surface area contributed by atoms with Gasteiger partial charge in [0.05, 0.1) is 10.6 Å². The van der Waals surface area contributed by atoms with Crippen LogP contribution in [0.1, 0.15) is 18.9 Å². The van der Waals surface area contributed by atoms with Crippen molar-refractivity contribution in [3.63, 3.8) is 0 Å². The quantitative estimate of drug-likeness (QED) is 0.692. The van der Waals surface area contributed by atoms with Crippen LogP contribution in [0.25, 0.3) is 0 Å². The Kier molecular flexibility index (Phi) is 4.66. The number of anilines is 1. The minimum Gasteiger partial charge on any atom is -0.396 e. The van der Waals surface area contributed by atoms with Crippen LogP contribution < -0.4 is 10.5 Å². The second-order valence-corrected chi connectivity index (χ2v) is 5.89. The Hall–Kier alpha value is -1.18. The van der Waals surface area contributed by atoms with Crippen molar-refractivity contribution in [3.8, 4) is 0 Å². The molecule has 0 bridgehead atoms. The van der Waals surface area contributed by atoms with Crippen LogP contribution in [0.4, 0.5) is 10.1 Å². The van der Waals surface area contributed by atoms with Crippen LogP contribution >= 0.6 is 0 Å². The monoisotopic (exact) mass is 276 g/mol. The molecule has 7 heteroatoms. The van der Waals surface area contributed by atoms with Crippen LogP contribution in [0.5, 0.6) is 0 Å². The van der Waals surface area contributed by atoms with Gasteiger partial charge in [-0.1, -0.05) is 0 Å². The summed E-state index contributed by atoms with van der Waals surface area (Å²) in [7, 11) is -3.75. The van der Waals surface area contributed by atoms with Gasteiger partial charge >= 0.3 is 0 Å². The van der Waals surface area contributed by atoms with Crippen molar-refractivity contribution in [2.45, 2.75) is 31.2 Å². The molecule has 102 valence electrons. The van der Waals surface area contributed by atoms with E-state index in [1.807, 2.05) is 0 Å². The largest absolute Gasteiger partial charge is 0.396 e. The maximum atomic E-state index is 13.3. The Labute approximate surface area is 106 Å². The summed E-state index contributed by atoms with van der Waals surface area (Å²) in [5.41, 5.74) is 5.37. The fourth-order valence-corrected chi connectivity index (χ4v) is 2.90. The maximum Gasteiger partial charge on any atom is 0.240 e. The van der Waals surface area contributed by atoms with Crippen LogP contribution in [0.2, 0.25) is 0 Å². The third-order valence-electron chi connectivity index (χ3n) is 2.48. The van der Waals surface area contributed by atoms with E-state index in [9.17, 15) is 12.8 Å². The van der Waals surface area contributed by atoms with Gasteiger partial charge in [0.15, 0.2) is 0 Å². The normalized spacial score (nSPS) is 13.6. The van der Waals surface area contributed by atoms with Crippen LogP contribution in [0, 0.1) is 12.7 Å². The predicted octanol–water partition coefficient (Wildman–Crippen LogP) is 0.766. The van der Waals surface area contributed by atoms with Crippen molar-refractivity contribution in [2.24, 2.45) is 0 Å². The summed E-state index contributed by atoms with van der Waals surface area (Å²) in [6.45, 7) is 2.96. The molecule has 0 spiro atoms. The van der Waals surface area contributed by atoms with Gasteiger partial charge in [0.2, 0.25) is 10.0 Å². The average molecular weight is 276 g/mol. The first-order valence-electron chi connectivity index (χ1n) is 5.46. The molecule has 0 fully saturated rings. The highest BCUT2D eigenvalue weighted by atomic mass is 32.2. The molecular formula is C11H17FN2O3S. The Morgan fingerprint density at radius 2 is 2.11 bits per heavy atom. The number of aryl methyl sites for hydroxylation is 1. The third-order valence-corrected chi connectivity index (χ3v) is 4.05. The van der Waals surface area contributed by atoms with Crippen LogP contribution in [-0.2, 0) is 10.0 Å². The van der Waals surface area contributed by atoms with Gasteiger partial charge in [0.25, 0.3) is 0 Å². The summed E-state index contributed by atoms with van der Waals surface area (Å²) in [6, 6.07) is 1.89. The molecule has 0 amide bonds. The van der Waals surface area contributed by atoms with Crippen molar-refractivity contribution >= 4 is 15.7 Å². The van der Waals surface area contributed by atoms with Crippen molar-refractivity contribution in [1.29, 1.82) is 0 Å². The van der Waals surface area contributed by atoms with E-state index in [0.29, 0.717) is 6.42 Å². The maximum absolute atomic E-state index is 13.3. The van der Waals surface area contributed by atoms with Crippen LogP contribution in [-0.4, -0.2) is 26.2 Å². The zero-order chi connectivity index (χ0) is 13.9. The standard InChI is InChI=1S/C11H17FN2O3S/c1-7-5-9(6-10(13)11(7)12)18(16,17)14-8(2)3-4-15/h5-6,8,14-15H,3-4,13H2,1-2H3. The highest BCUT2D eigenvalue weighted by Gasteiger charge is 2.19. The van der Waals surface area contributed by atoms with E-state index in [4.69, 9.17) is 10.8 Å². The lowest BCUT2D eigenvalue weighted by atomic mass is 10.2. The van der Waals surface area contributed by atoms with E-state index >= 15 is 0 Å². The Balaban J connectivity index is 3.06. The molecule has 1 atom stereocenters. The van der Waals surface area contributed by atoms with E-state index < -0.39 is 21.9 Å². The molecule has 0 heterocycles. The number of sulfonamides is 1. The second-order valence-electron chi connectivity index (χ2n) is 4.18. The summed E-state index contributed by atoms with van der Waals surface area (Å²) < 4.78 is 39.6. The second kappa shape index (κ2) is 5.64. The van der Waals surface area contributed by atoms with Crippen molar-refractivity contribution in [1.82, 2.24) is 4.72 Å². The van der Waals surface area contributed by atoms with E-state index in [1.165, 1.54) is 13.0 Å². The molecule has 0 saturated heterocycles. The molecule has 4 N–H and O–H groups in total. The number of nitrogens with two attached hydrogens (primary N) is 1. The summed E-state index contributed by atoms with van der Waals surface area (Å²) >= 11 is 0. The smallest absolute Gasteiger partial charge is 0.240 e. The molecule has 1 rings (SSSR count). The first-order valence-corrected chi connectivity index (χ1v) is 6.95. The van der Waals surface area contributed by atoms with Gasteiger partial charge in [-0.15, -0.1) is 0 Å². The Bertz CT molecular complexity index is 508. The number of hydrogen-bond acceptors (Lipinski definition) is 4. The van der Waals surface area contributed by atoms with E-state index in [1.54, 1.807) is 6.92 Å². The van der Waals surface area contributed by atoms with Crippen LogP contribution in [0.15, 0.2) is 17.0 Å². The SMILES string of the molecule is Cc1cc(S(=O)(=O)NC(C)CCO)cc(N)c1F. The molecule has 1 aromatic rings. The number of halogens is 1. The zero-order valence-electron chi connectivity index (χ0n) is 10.3. The van der Waals surface area contributed by atoms with Crippen molar-refractivity contribution in [3.05, 3.63) is 23.5 Å². The number of nitrogens with one attached hydrogen (secondary N) is 1. The zero-order valence-corrected chi connectivity index (χ0v) is 11.1. The number of benzene rings is 1. The molecule has 0 saturated carbocycles. The minimum atomic E-state index is -3.75. The summed E-state index contributed by atoms with van der Waals surface area (Å²) in [4.78, 5) is -0.0799.